The summed E-state index contributed by atoms with van der Waals surface area (Å²) in [6.07, 6.45) is 1.93. The summed E-state index contributed by atoms with van der Waals surface area (Å²) in [7, 11) is 1.71. The summed E-state index contributed by atoms with van der Waals surface area (Å²) < 4.78 is 41.0. The van der Waals surface area contributed by atoms with E-state index in [0.29, 0.717) is 12.2 Å². The zero-order valence-electron chi connectivity index (χ0n) is 16.5. The number of hydrogen-bond acceptors (Lipinski definition) is 5. The standard InChI is InChI=1S/C21H25F3N4S/c1-3-4-5-11-28(2)19-9-8-16(12-17(19)21(22,23)24)26-20-27-18(14-29-20)15-7-6-10-25-13-15/h6-10,12-14,20,26-27H,3-5,11H2,1-2H3. The van der Waals surface area contributed by atoms with E-state index in [4.69, 9.17) is 0 Å². The lowest BCUT2D eigenvalue weighted by Gasteiger charge is -2.25. The minimum atomic E-state index is -4.42. The molecule has 1 aliphatic rings. The van der Waals surface area contributed by atoms with Crippen molar-refractivity contribution in [3.8, 4) is 0 Å². The minimum Gasteiger partial charge on any atom is -0.374 e. The van der Waals surface area contributed by atoms with Gasteiger partial charge in [0.1, 0.15) is 5.50 Å². The van der Waals surface area contributed by atoms with E-state index in [2.05, 4.69) is 22.5 Å². The highest BCUT2D eigenvalue weighted by atomic mass is 32.2. The summed E-state index contributed by atoms with van der Waals surface area (Å²) in [6.45, 7) is 2.67. The number of rotatable bonds is 8. The van der Waals surface area contributed by atoms with E-state index >= 15 is 0 Å². The van der Waals surface area contributed by atoms with E-state index in [-0.39, 0.29) is 11.2 Å². The number of unbranched alkanes of at least 4 members (excludes halogenated alkanes) is 2. The van der Waals surface area contributed by atoms with Crippen LogP contribution >= 0.6 is 11.8 Å². The van der Waals surface area contributed by atoms with Gasteiger partial charge < -0.3 is 15.5 Å². The number of nitrogens with zero attached hydrogens (tertiary/aromatic N) is 2. The number of hydrogen-bond donors (Lipinski definition) is 2. The molecule has 1 unspecified atom stereocenters. The molecule has 8 heteroatoms. The van der Waals surface area contributed by atoms with Crippen LogP contribution in [0.5, 0.6) is 0 Å². The second kappa shape index (κ2) is 9.43. The van der Waals surface area contributed by atoms with Gasteiger partial charge in [0, 0.05) is 42.9 Å². The van der Waals surface area contributed by atoms with Gasteiger partial charge in [-0.25, -0.2) is 0 Å². The zero-order chi connectivity index (χ0) is 20.9. The van der Waals surface area contributed by atoms with Crippen molar-refractivity contribution < 1.29 is 13.2 Å². The highest BCUT2D eigenvalue weighted by Crippen LogP contribution is 2.39. The third-order valence-corrected chi connectivity index (χ3v) is 5.57. The number of nitrogens with one attached hydrogen (secondary N) is 2. The summed E-state index contributed by atoms with van der Waals surface area (Å²) in [4.78, 5) is 5.78. The molecule has 0 spiro atoms. The maximum atomic E-state index is 13.7. The summed E-state index contributed by atoms with van der Waals surface area (Å²) in [5.41, 5.74) is 1.59. The second-order valence-corrected chi connectivity index (χ2v) is 7.92. The van der Waals surface area contributed by atoms with E-state index in [1.807, 2.05) is 17.5 Å². The summed E-state index contributed by atoms with van der Waals surface area (Å²) in [5.74, 6) is 0. The van der Waals surface area contributed by atoms with Crippen molar-refractivity contribution >= 4 is 28.8 Å². The van der Waals surface area contributed by atoms with Crippen molar-refractivity contribution in [1.29, 1.82) is 0 Å². The zero-order valence-corrected chi connectivity index (χ0v) is 17.3. The lowest BCUT2D eigenvalue weighted by Crippen LogP contribution is -2.28. The van der Waals surface area contributed by atoms with Crippen LogP contribution < -0.4 is 15.5 Å². The molecule has 2 aromatic rings. The molecule has 0 saturated carbocycles. The number of aromatic nitrogens is 1. The molecule has 0 radical (unpaired) electrons. The van der Waals surface area contributed by atoms with Crippen LogP contribution in [0.4, 0.5) is 24.5 Å². The average Bonchev–Trinajstić information content (AvgIpc) is 3.16. The fourth-order valence-corrected chi connectivity index (χ4v) is 4.02. The first-order valence-electron chi connectivity index (χ1n) is 9.60. The number of alkyl halides is 3. The fraction of sp³-hybridized carbons (Fsp3) is 0.381. The largest absolute Gasteiger partial charge is 0.418 e. The molecule has 1 atom stereocenters. The maximum absolute atomic E-state index is 13.7. The van der Waals surface area contributed by atoms with E-state index in [9.17, 15) is 13.2 Å². The van der Waals surface area contributed by atoms with Gasteiger partial charge in [0.2, 0.25) is 0 Å². The molecule has 29 heavy (non-hydrogen) atoms. The van der Waals surface area contributed by atoms with Gasteiger partial charge in [0.25, 0.3) is 0 Å². The predicted octanol–water partition coefficient (Wildman–Crippen LogP) is 5.76. The van der Waals surface area contributed by atoms with Gasteiger partial charge in [0.05, 0.1) is 11.3 Å². The summed E-state index contributed by atoms with van der Waals surface area (Å²) in [5, 5.41) is 8.34. The van der Waals surface area contributed by atoms with Crippen LogP contribution in [0.15, 0.2) is 48.1 Å². The van der Waals surface area contributed by atoms with Gasteiger partial charge in [-0.3, -0.25) is 4.98 Å². The van der Waals surface area contributed by atoms with Gasteiger partial charge in [-0.05, 0) is 42.2 Å². The maximum Gasteiger partial charge on any atom is 0.418 e. The van der Waals surface area contributed by atoms with Crippen LogP contribution in [-0.2, 0) is 6.18 Å². The number of pyridine rings is 1. The average molecular weight is 423 g/mol. The number of anilines is 2. The molecule has 1 aromatic carbocycles. The molecule has 1 aromatic heterocycles. The Hall–Kier alpha value is -2.35. The molecule has 156 valence electrons. The SMILES string of the molecule is CCCCCN(C)c1ccc(NC2NC(c3cccnc3)=CS2)cc1C(F)(F)F. The number of benzene rings is 1. The molecule has 0 fully saturated rings. The van der Waals surface area contributed by atoms with Crippen LogP contribution in [0.25, 0.3) is 5.70 Å². The van der Waals surface area contributed by atoms with Crippen molar-refractivity contribution in [3.05, 3.63) is 59.3 Å². The van der Waals surface area contributed by atoms with Gasteiger partial charge in [0.15, 0.2) is 0 Å². The monoisotopic (exact) mass is 422 g/mol. The lowest BCUT2D eigenvalue weighted by molar-refractivity contribution is -0.137. The Morgan fingerprint density at radius 1 is 1.24 bits per heavy atom. The van der Waals surface area contributed by atoms with Crippen molar-refractivity contribution in [2.24, 2.45) is 0 Å². The van der Waals surface area contributed by atoms with Gasteiger partial charge in [-0.15, -0.1) is 0 Å². The lowest BCUT2D eigenvalue weighted by atomic mass is 10.1. The molecule has 1 aliphatic heterocycles. The quantitative estimate of drug-likeness (QED) is 0.530. The normalized spacial score (nSPS) is 16.3. The Morgan fingerprint density at radius 3 is 2.76 bits per heavy atom. The highest BCUT2D eigenvalue weighted by molar-refractivity contribution is 8.03. The van der Waals surface area contributed by atoms with Crippen molar-refractivity contribution in [1.82, 2.24) is 10.3 Å². The first kappa shape index (κ1) is 21.4. The Labute approximate surface area is 173 Å². The smallest absolute Gasteiger partial charge is 0.374 e. The Morgan fingerprint density at radius 2 is 2.07 bits per heavy atom. The third kappa shape index (κ3) is 5.59. The molecular weight excluding hydrogens is 397 g/mol. The second-order valence-electron chi connectivity index (χ2n) is 6.94. The molecule has 0 amide bonds. The minimum absolute atomic E-state index is 0.209. The summed E-state index contributed by atoms with van der Waals surface area (Å²) >= 11 is 1.47. The van der Waals surface area contributed by atoms with E-state index in [1.165, 1.54) is 17.8 Å². The van der Waals surface area contributed by atoms with Gasteiger partial charge in [-0.2, -0.15) is 13.2 Å². The van der Waals surface area contributed by atoms with E-state index in [1.54, 1.807) is 36.5 Å². The molecule has 3 rings (SSSR count). The molecule has 0 saturated heterocycles. The molecule has 4 nitrogen and oxygen atoms in total. The Bertz CT molecular complexity index is 840. The van der Waals surface area contributed by atoms with Crippen LogP contribution in [0.2, 0.25) is 0 Å². The first-order chi connectivity index (χ1) is 13.9. The van der Waals surface area contributed by atoms with Gasteiger partial charge in [-0.1, -0.05) is 31.5 Å². The predicted molar refractivity (Wildman–Crippen MR) is 115 cm³/mol. The molecule has 0 aliphatic carbocycles. The molecule has 2 heterocycles. The molecular formula is C21H25F3N4S. The van der Waals surface area contributed by atoms with E-state index < -0.39 is 11.7 Å². The summed E-state index contributed by atoms with van der Waals surface area (Å²) in [6, 6.07) is 8.21. The molecule has 2 N–H and O–H groups in total. The highest BCUT2D eigenvalue weighted by Gasteiger charge is 2.35. The van der Waals surface area contributed by atoms with Crippen molar-refractivity contribution in [2.75, 3.05) is 23.8 Å². The van der Waals surface area contributed by atoms with Crippen molar-refractivity contribution in [2.45, 2.75) is 37.9 Å². The van der Waals surface area contributed by atoms with Crippen LogP contribution in [0, 0.1) is 0 Å². The van der Waals surface area contributed by atoms with E-state index in [0.717, 1.165) is 30.5 Å². The topological polar surface area (TPSA) is 40.2 Å². The Balaban J connectivity index is 1.71. The van der Waals surface area contributed by atoms with Crippen LogP contribution in [0.1, 0.15) is 37.3 Å². The molecule has 0 bridgehead atoms. The van der Waals surface area contributed by atoms with Gasteiger partial charge >= 0.3 is 6.18 Å². The number of thioether (sulfide) groups is 1. The third-order valence-electron chi connectivity index (χ3n) is 4.69. The first-order valence-corrected chi connectivity index (χ1v) is 10.5. The van der Waals surface area contributed by atoms with Crippen molar-refractivity contribution in [3.63, 3.8) is 0 Å². The van der Waals surface area contributed by atoms with Crippen LogP contribution in [0.3, 0.4) is 0 Å². The number of halogens is 3. The van der Waals surface area contributed by atoms with Crippen LogP contribution in [-0.4, -0.2) is 24.1 Å². The fourth-order valence-electron chi connectivity index (χ4n) is 3.15. The Kier molecular flexibility index (Phi) is 6.95.